The fraction of sp³-hybridized carbons (Fsp3) is 0.0833. The van der Waals surface area contributed by atoms with Crippen LogP contribution in [0.3, 0.4) is 0 Å². The summed E-state index contributed by atoms with van der Waals surface area (Å²) in [5, 5.41) is 0. The Morgan fingerprint density at radius 1 is 1.38 bits per heavy atom. The van der Waals surface area contributed by atoms with Crippen molar-refractivity contribution in [2.45, 2.75) is 6.92 Å². The molecule has 4 nitrogen and oxygen atoms in total. The molecule has 0 spiro atoms. The highest BCUT2D eigenvalue weighted by Gasteiger charge is 2.03. The summed E-state index contributed by atoms with van der Waals surface area (Å²) in [7, 11) is 0. The maximum atomic E-state index is 11.0. The van der Waals surface area contributed by atoms with Crippen LogP contribution in [0.2, 0.25) is 0 Å². The van der Waals surface area contributed by atoms with Crippen LogP contribution in [0.5, 0.6) is 0 Å². The minimum atomic E-state index is -0.368. The summed E-state index contributed by atoms with van der Waals surface area (Å²) in [6.45, 7) is 1.80. The van der Waals surface area contributed by atoms with Crippen LogP contribution in [0.4, 0.5) is 0 Å². The zero-order valence-electron chi connectivity index (χ0n) is 8.73. The standard InChI is InChI=1S/C12H10N2O2/c1-8-11(6-13-12(16)14-8)10-4-2-3-9(5-10)7-15/h2-7H,1H3,(H,13,14,16). The number of nitrogens with zero attached hydrogens (tertiary/aromatic N) is 1. The number of hydrogen-bond donors (Lipinski definition) is 1. The predicted octanol–water partition coefficient (Wildman–Crippen LogP) is 1.56. The highest BCUT2D eigenvalue weighted by molar-refractivity contribution is 5.79. The van der Waals surface area contributed by atoms with E-state index in [1.54, 1.807) is 25.1 Å². The van der Waals surface area contributed by atoms with Crippen molar-refractivity contribution < 1.29 is 4.79 Å². The largest absolute Gasteiger partial charge is 0.345 e. The second kappa shape index (κ2) is 4.10. The lowest BCUT2D eigenvalue weighted by Gasteiger charge is -2.04. The molecule has 0 radical (unpaired) electrons. The molecule has 0 aliphatic heterocycles. The number of carbonyl (C=O) groups excluding carboxylic acids is 1. The average molecular weight is 214 g/mol. The number of rotatable bonds is 2. The van der Waals surface area contributed by atoms with Gasteiger partial charge in [0, 0.05) is 23.0 Å². The third-order valence-corrected chi connectivity index (χ3v) is 2.34. The quantitative estimate of drug-likeness (QED) is 0.771. The Morgan fingerprint density at radius 2 is 2.19 bits per heavy atom. The van der Waals surface area contributed by atoms with Crippen LogP contribution in [0.15, 0.2) is 35.3 Å². The smallest absolute Gasteiger partial charge is 0.309 e. The van der Waals surface area contributed by atoms with Gasteiger partial charge in [0.25, 0.3) is 0 Å². The minimum absolute atomic E-state index is 0.368. The second-order valence-corrected chi connectivity index (χ2v) is 3.47. The molecule has 80 valence electrons. The molecule has 2 aromatic rings. The van der Waals surface area contributed by atoms with Crippen molar-refractivity contribution in [2.75, 3.05) is 0 Å². The molecule has 0 saturated heterocycles. The van der Waals surface area contributed by atoms with Gasteiger partial charge >= 0.3 is 5.69 Å². The first-order valence-corrected chi connectivity index (χ1v) is 4.82. The summed E-state index contributed by atoms with van der Waals surface area (Å²) in [5.41, 5.74) is 2.66. The molecule has 0 saturated carbocycles. The van der Waals surface area contributed by atoms with Gasteiger partial charge in [-0.3, -0.25) is 4.79 Å². The van der Waals surface area contributed by atoms with Gasteiger partial charge in [-0.15, -0.1) is 0 Å². The van der Waals surface area contributed by atoms with Gasteiger partial charge in [0.05, 0.1) is 0 Å². The number of aromatic nitrogens is 2. The van der Waals surface area contributed by atoms with Crippen molar-refractivity contribution >= 4 is 6.29 Å². The van der Waals surface area contributed by atoms with Gasteiger partial charge in [0.2, 0.25) is 0 Å². The summed E-state index contributed by atoms with van der Waals surface area (Å²) in [4.78, 5) is 27.9. The maximum Gasteiger partial charge on any atom is 0.345 e. The molecule has 0 aliphatic rings. The van der Waals surface area contributed by atoms with E-state index in [0.717, 1.165) is 23.1 Å². The molecule has 16 heavy (non-hydrogen) atoms. The molecule has 1 N–H and O–H groups in total. The summed E-state index contributed by atoms with van der Waals surface area (Å²) in [6.07, 6.45) is 2.30. The third kappa shape index (κ3) is 1.91. The molecule has 0 aliphatic carbocycles. The van der Waals surface area contributed by atoms with Gasteiger partial charge in [0.15, 0.2) is 0 Å². The molecule has 0 bridgehead atoms. The number of nitrogens with one attached hydrogen (secondary N) is 1. The minimum Gasteiger partial charge on any atom is -0.309 e. The third-order valence-electron chi connectivity index (χ3n) is 2.34. The number of carbonyl (C=O) groups is 1. The zero-order chi connectivity index (χ0) is 11.5. The van der Waals surface area contributed by atoms with Gasteiger partial charge in [-0.25, -0.2) is 9.78 Å². The molecule has 1 aromatic carbocycles. The summed E-state index contributed by atoms with van der Waals surface area (Å²) < 4.78 is 0. The van der Waals surface area contributed by atoms with Crippen molar-refractivity contribution in [3.05, 3.63) is 52.2 Å². The Kier molecular flexibility index (Phi) is 2.64. The lowest BCUT2D eigenvalue weighted by molar-refractivity contribution is 0.112. The van der Waals surface area contributed by atoms with Crippen LogP contribution in [0, 0.1) is 6.92 Å². The van der Waals surface area contributed by atoms with Gasteiger partial charge in [-0.1, -0.05) is 18.2 Å². The zero-order valence-corrected chi connectivity index (χ0v) is 8.73. The molecule has 0 fully saturated rings. The number of aromatic amines is 1. The highest BCUT2D eigenvalue weighted by Crippen LogP contribution is 2.20. The summed E-state index contributed by atoms with van der Waals surface area (Å²) in [6, 6.07) is 7.15. The maximum absolute atomic E-state index is 11.0. The first-order chi connectivity index (χ1) is 7.70. The average Bonchev–Trinajstić information content (AvgIpc) is 2.29. The van der Waals surface area contributed by atoms with Crippen molar-refractivity contribution in [3.8, 4) is 11.1 Å². The molecule has 0 amide bonds. The second-order valence-electron chi connectivity index (χ2n) is 3.47. The van der Waals surface area contributed by atoms with Crippen molar-refractivity contribution in [1.82, 2.24) is 9.97 Å². The first-order valence-electron chi connectivity index (χ1n) is 4.82. The van der Waals surface area contributed by atoms with E-state index >= 15 is 0 Å². The van der Waals surface area contributed by atoms with E-state index in [-0.39, 0.29) is 5.69 Å². The van der Waals surface area contributed by atoms with Crippen molar-refractivity contribution in [3.63, 3.8) is 0 Å². The normalized spacial score (nSPS) is 10.1. The van der Waals surface area contributed by atoms with Gasteiger partial charge < -0.3 is 4.98 Å². The van der Waals surface area contributed by atoms with Crippen molar-refractivity contribution in [1.29, 1.82) is 0 Å². The fourth-order valence-electron chi connectivity index (χ4n) is 1.55. The Bertz CT molecular complexity index is 588. The Labute approximate surface area is 92.0 Å². The van der Waals surface area contributed by atoms with Gasteiger partial charge in [0.1, 0.15) is 6.29 Å². The van der Waals surface area contributed by atoms with E-state index in [4.69, 9.17) is 0 Å². The SMILES string of the molecule is Cc1[nH]c(=O)ncc1-c1cccc(C=O)c1. The number of aldehydes is 1. The van der Waals surface area contributed by atoms with Crippen LogP contribution < -0.4 is 5.69 Å². The van der Waals surface area contributed by atoms with Gasteiger partial charge in [-0.05, 0) is 18.6 Å². The topological polar surface area (TPSA) is 62.8 Å². The van der Waals surface area contributed by atoms with Crippen LogP contribution >= 0.6 is 0 Å². The Hall–Kier alpha value is -2.23. The van der Waals surface area contributed by atoms with E-state index in [1.165, 1.54) is 6.20 Å². The number of aryl methyl sites for hydroxylation is 1. The van der Waals surface area contributed by atoms with Crippen LogP contribution in [-0.4, -0.2) is 16.3 Å². The molecule has 1 heterocycles. The Balaban J connectivity index is 2.58. The van der Waals surface area contributed by atoms with E-state index in [9.17, 15) is 9.59 Å². The molecule has 1 aromatic heterocycles. The van der Waals surface area contributed by atoms with E-state index in [0.29, 0.717) is 5.56 Å². The molecular weight excluding hydrogens is 204 g/mol. The van der Waals surface area contributed by atoms with Crippen molar-refractivity contribution in [2.24, 2.45) is 0 Å². The highest BCUT2D eigenvalue weighted by atomic mass is 16.1. The van der Waals surface area contributed by atoms with Crippen LogP contribution in [0.25, 0.3) is 11.1 Å². The molecular formula is C12H10N2O2. The lowest BCUT2D eigenvalue weighted by atomic mass is 10.0. The number of H-pyrrole nitrogens is 1. The monoisotopic (exact) mass is 214 g/mol. The van der Waals surface area contributed by atoms with E-state index in [2.05, 4.69) is 9.97 Å². The van der Waals surface area contributed by atoms with Crippen LogP contribution in [0.1, 0.15) is 16.1 Å². The fourth-order valence-corrected chi connectivity index (χ4v) is 1.55. The molecule has 4 heteroatoms. The summed E-state index contributed by atoms with van der Waals surface area (Å²) in [5.74, 6) is 0. The first kappa shape index (κ1) is 10.3. The van der Waals surface area contributed by atoms with E-state index in [1.807, 2.05) is 6.07 Å². The molecule has 0 atom stereocenters. The Morgan fingerprint density at radius 3 is 2.88 bits per heavy atom. The van der Waals surface area contributed by atoms with Gasteiger partial charge in [-0.2, -0.15) is 0 Å². The number of benzene rings is 1. The van der Waals surface area contributed by atoms with Crippen LogP contribution in [-0.2, 0) is 0 Å². The molecule has 2 rings (SSSR count). The number of hydrogen-bond acceptors (Lipinski definition) is 3. The van der Waals surface area contributed by atoms with E-state index < -0.39 is 0 Å². The lowest BCUT2D eigenvalue weighted by Crippen LogP contribution is -2.11. The predicted molar refractivity (Wildman–Crippen MR) is 60.4 cm³/mol. The molecule has 0 unspecified atom stereocenters. The summed E-state index contributed by atoms with van der Waals surface area (Å²) >= 11 is 0.